The lowest BCUT2D eigenvalue weighted by atomic mass is 10.0. The van der Waals surface area contributed by atoms with Crippen LogP contribution in [0.25, 0.3) is 0 Å². The largest absolute Gasteiger partial charge is 0.383 e. The Balaban J connectivity index is 2.09. The van der Waals surface area contributed by atoms with Crippen LogP contribution in [0.1, 0.15) is 29.6 Å². The molecule has 1 atom stereocenters. The number of methoxy groups -OCH3 is 1. The lowest BCUT2D eigenvalue weighted by Gasteiger charge is -2.35. The van der Waals surface area contributed by atoms with Gasteiger partial charge in [0, 0.05) is 38.3 Å². The molecule has 3 N–H and O–H groups in total. The van der Waals surface area contributed by atoms with E-state index < -0.39 is 10.0 Å². The molecule has 2 rings (SSSR count). The van der Waals surface area contributed by atoms with Gasteiger partial charge in [-0.2, -0.15) is 0 Å². The Kier molecular flexibility index (Phi) is 6.73. The number of nitrogens with zero attached hydrogens (tertiary/aromatic N) is 1. The Hall–Kier alpha value is -1.48. The SMILES string of the molecule is COCCNS(=O)(=O)c1ccc(C(=O)N2CCCCC2CN)cc1. The minimum atomic E-state index is -3.59. The second-order valence-corrected chi connectivity index (χ2v) is 7.57. The topological polar surface area (TPSA) is 102 Å². The van der Waals surface area contributed by atoms with Crippen LogP contribution < -0.4 is 10.5 Å². The monoisotopic (exact) mass is 355 g/mol. The first-order valence-electron chi connectivity index (χ1n) is 8.09. The number of carbonyl (C=O) groups excluding carboxylic acids is 1. The van der Waals surface area contributed by atoms with E-state index in [1.54, 1.807) is 17.0 Å². The van der Waals surface area contributed by atoms with Gasteiger partial charge in [0.1, 0.15) is 0 Å². The zero-order chi connectivity index (χ0) is 17.6. The van der Waals surface area contributed by atoms with Crippen LogP contribution in [0.15, 0.2) is 29.2 Å². The van der Waals surface area contributed by atoms with Crippen LogP contribution >= 0.6 is 0 Å². The molecule has 1 amide bonds. The second kappa shape index (κ2) is 8.57. The first kappa shape index (κ1) is 18.9. The van der Waals surface area contributed by atoms with Crippen molar-refractivity contribution in [2.75, 3.05) is 33.4 Å². The summed E-state index contributed by atoms with van der Waals surface area (Å²) >= 11 is 0. The van der Waals surface area contributed by atoms with Crippen LogP contribution in [0.4, 0.5) is 0 Å². The molecule has 0 aromatic heterocycles. The summed E-state index contributed by atoms with van der Waals surface area (Å²) in [5.74, 6) is -0.0959. The van der Waals surface area contributed by atoms with Crippen molar-refractivity contribution in [2.45, 2.75) is 30.2 Å². The quantitative estimate of drug-likeness (QED) is 0.696. The summed E-state index contributed by atoms with van der Waals surface area (Å²) in [7, 11) is -2.09. The molecule has 0 bridgehead atoms. The van der Waals surface area contributed by atoms with Gasteiger partial charge >= 0.3 is 0 Å². The highest BCUT2D eigenvalue weighted by atomic mass is 32.2. The fourth-order valence-electron chi connectivity index (χ4n) is 2.82. The molecule has 0 radical (unpaired) electrons. The molecule has 0 aliphatic carbocycles. The van der Waals surface area contributed by atoms with E-state index in [1.165, 1.54) is 19.2 Å². The van der Waals surface area contributed by atoms with Crippen molar-refractivity contribution in [3.8, 4) is 0 Å². The van der Waals surface area contributed by atoms with Crippen LogP contribution in [0.2, 0.25) is 0 Å². The fourth-order valence-corrected chi connectivity index (χ4v) is 3.83. The number of hydrogen-bond acceptors (Lipinski definition) is 5. The van der Waals surface area contributed by atoms with Crippen LogP contribution in [-0.4, -0.2) is 58.6 Å². The van der Waals surface area contributed by atoms with Crippen LogP contribution in [0.3, 0.4) is 0 Å². The molecular formula is C16H25N3O4S. The number of sulfonamides is 1. The van der Waals surface area contributed by atoms with E-state index in [0.29, 0.717) is 25.3 Å². The Morgan fingerprint density at radius 1 is 1.33 bits per heavy atom. The van der Waals surface area contributed by atoms with Crippen LogP contribution in [0.5, 0.6) is 0 Å². The van der Waals surface area contributed by atoms with Crippen molar-refractivity contribution in [1.29, 1.82) is 0 Å². The lowest BCUT2D eigenvalue weighted by Crippen LogP contribution is -2.47. The molecule has 8 heteroatoms. The van der Waals surface area contributed by atoms with E-state index in [2.05, 4.69) is 4.72 Å². The molecule has 134 valence electrons. The zero-order valence-corrected chi connectivity index (χ0v) is 14.7. The lowest BCUT2D eigenvalue weighted by molar-refractivity contribution is 0.0623. The summed E-state index contributed by atoms with van der Waals surface area (Å²) in [5.41, 5.74) is 6.23. The van der Waals surface area contributed by atoms with Gasteiger partial charge in [-0.25, -0.2) is 13.1 Å². The van der Waals surface area contributed by atoms with Gasteiger partial charge in [-0.3, -0.25) is 4.79 Å². The number of nitrogens with two attached hydrogens (primary N) is 1. The molecule has 1 aliphatic heterocycles. The number of benzene rings is 1. The van der Waals surface area contributed by atoms with Gasteiger partial charge in [-0.1, -0.05) is 0 Å². The molecule has 24 heavy (non-hydrogen) atoms. The third kappa shape index (κ3) is 4.54. The summed E-state index contributed by atoms with van der Waals surface area (Å²) in [4.78, 5) is 14.6. The number of ether oxygens (including phenoxy) is 1. The molecule has 1 aromatic rings. The number of piperidine rings is 1. The van der Waals surface area contributed by atoms with E-state index in [9.17, 15) is 13.2 Å². The third-order valence-electron chi connectivity index (χ3n) is 4.17. The van der Waals surface area contributed by atoms with Crippen LogP contribution in [0, 0.1) is 0 Å². The Labute approximate surface area is 143 Å². The first-order valence-corrected chi connectivity index (χ1v) is 9.57. The highest BCUT2D eigenvalue weighted by Gasteiger charge is 2.26. The van der Waals surface area contributed by atoms with E-state index in [4.69, 9.17) is 10.5 Å². The van der Waals surface area contributed by atoms with Gasteiger partial charge in [0.15, 0.2) is 0 Å². The standard InChI is InChI=1S/C16H25N3O4S/c1-23-11-9-18-24(21,22)15-7-5-13(6-8-15)16(20)19-10-3-2-4-14(19)12-17/h5-8,14,18H,2-4,9-12,17H2,1H3. The van der Waals surface area contributed by atoms with Gasteiger partial charge in [-0.15, -0.1) is 0 Å². The van der Waals surface area contributed by atoms with Gasteiger partial charge < -0.3 is 15.4 Å². The molecule has 1 unspecified atom stereocenters. The van der Waals surface area contributed by atoms with E-state index >= 15 is 0 Å². The first-order chi connectivity index (χ1) is 11.5. The molecule has 1 heterocycles. The van der Waals surface area contributed by atoms with Crippen molar-refractivity contribution in [3.63, 3.8) is 0 Å². The molecule has 1 aliphatic rings. The number of rotatable bonds is 7. The molecule has 1 fully saturated rings. The molecule has 1 saturated heterocycles. The maximum absolute atomic E-state index is 12.6. The maximum Gasteiger partial charge on any atom is 0.254 e. The molecular weight excluding hydrogens is 330 g/mol. The van der Waals surface area contributed by atoms with Crippen molar-refractivity contribution in [2.24, 2.45) is 5.73 Å². The van der Waals surface area contributed by atoms with Crippen molar-refractivity contribution in [3.05, 3.63) is 29.8 Å². The predicted molar refractivity (Wildman–Crippen MR) is 91.2 cm³/mol. The minimum Gasteiger partial charge on any atom is -0.383 e. The van der Waals surface area contributed by atoms with Crippen molar-refractivity contribution < 1.29 is 17.9 Å². The molecule has 1 aromatic carbocycles. The van der Waals surface area contributed by atoms with Gasteiger partial charge in [0.05, 0.1) is 11.5 Å². The Morgan fingerprint density at radius 2 is 2.04 bits per heavy atom. The number of carbonyl (C=O) groups is 1. The van der Waals surface area contributed by atoms with Gasteiger partial charge in [0.25, 0.3) is 5.91 Å². The second-order valence-electron chi connectivity index (χ2n) is 5.80. The van der Waals surface area contributed by atoms with E-state index in [1.807, 2.05) is 0 Å². The minimum absolute atomic E-state index is 0.0605. The Morgan fingerprint density at radius 3 is 2.67 bits per heavy atom. The summed E-state index contributed by atoms with van der Waals surface area (Å²) in [6, 6.07) is 6.06. The maximum atomic E-state index is 12.6. The smallest absolute Gasteiger partial charge is 0.254 e. The number of likely N-dealkylation sites (tertiary alicyclic amines) is 1. The van der Waals surface area contributed by atoms with Gasteiger partial charge in [0.2, 0.25) is 10.0 Å². The fraction of sp³-hybridized carbons (Fsp3) is 0.562. The number of nitrogens with one attached hydrogen (secondary N) is 1. The van der Waals surface area contributed by atoms with Gasteiger partial charge in [-0.05, 0) is 43.5 Å². The summed E-state index contributed by atoms with van der Waals surface area (Å²) in [5, 5.41) is 0. The summed E-state index contributed by atoms with van der Waals surface area (Å²) < 4.78 is 31.5. The van der Waals surface area contributed by atoms with E-state index in [0.717, 1.165) is 19.3 Å². The van der Waals surface area contributed by atoms with E-state index in [-0.39, 0.29) is 23.4 Å². The molecule has 7 nitrogen and oxygen atoms in total. The number of amides is 1. The normalized spacial score (nSPS) is 18.6. The van der Waals surface area contributed by atoms with Crippen molar-refractivity contribution >= 4 is 15.9 Å². The molecule has 0 saturated carbocycles. The average Bonchev–Trinajstić information content (AvgIpc) is 2.61. The van der Waals surface area contributed by atoms with Crippen LogP contribution in [-0.2, 0) is 14.8 Å². The average molecular weight is 355 g/mol. The summed E-state index contributed by atoms with van der Waals surface area (Å²) in [6.07, 6.45) is 2.96. The highest BCUT2D eigenvalue weighted by molar-refractivity contribution is 7.89. The predicted octanol–water partition coefficient (Wildman–Crippen LogP) is 0.565. The summed E-state index contributed by atoms with van der Waals surface area (Å²) in [6.45, 7) is 1.64. The third-order valence-corrected chi connectivity index (χ3v) is 5.65. The van der Waals surface area contributed by atoms with Crippen molar-refractivity contribution in [1.82, 2.24) is 9.62 Å². The highest BCUT2D eigenvalue weighted by Crippen LogP contribution is 2.20. The Bertz CT molecular complexity index is 646. The number of hydrogen-bond donors (Lipinski definition) is 2. The molecule has 0 spiro atoms. The zero-order valence-electron chi connectivity index (χ0n) is 13.9.